The van der Waals surface area contributed by atoms with Gasteiger partial charge >= 0.3 is 0 Å². The molecule has 9 rings (SSSR count). The third-order valence-electron chi connectivity index (χ3n) is 8.92. The molecule has 0 spiro atoms. The van der Waals surface area contributed by atoms with E-state index in [1.807, 2.05) is 6.07 Å². The zero-order chi connectivity index (χ0) is 31.3. The number of nitrogens with zero attached hydrogens (tertiary/aromatic N) is 1. The van der Waals surface area contributed by atoms with E-state index in [4.69, 9.17) is 0 Å². The van der Waals surface area contributed by atoms with Crippen molar-refractivity contribution in [2.45, 2.75) is 0 Å². The van der Waals surface area contributed by atoms with Crippen LogP contribution in [-0.2, 0) is 0 Å². The van der Waals surface area contributed by atoms with Crippen molar-refractivity contribution in [3.8, 4) is 22.3 Å². The Hall–Kier alpha value is -5.70. The summed E-state index contributed by atoms with van der Waals surface area (Å²) < 4.78 is 11.9. The maximum atomic E-state index is 9.69. The topological polar surface area (TPSA) is 3.24 Å². The van der Waals surface area contributed by atoms with Crippen LogP contribution in [0.4, 0.5) is 17.1 Å². The lowest BCUT2D eigenvalue weighted by Gasteiger charge is -2.27. The van der Waals surface area contributed by atoms with Gasteiger partial charge in [-0.1, -0.05) is 140 Å². The summed E-state index contributed by atoms with van der Waals surface area (Å²) in [6.07, 6.45) is 0. The third kappa shape index (κ3) is 4.38. The predicted octanol–water partition coefficient (Wildman–Crippen LogP) is 13.2. The van der Waals surface area contributed by atoms with Gasteiger partial charge in [-0.15, -0.1) is 11.3 Å². The maximum absolute atomic E-state index is 9.69. The molecule has 2 heteroatoms. The van der Waals surface area contributed by atoms with Crippen molar-refractivity contribution < 1.29 is 1.37 Å². The molecule has 0 aliphatic heterocycles. The molecule has 0 aliphatic carbocycles. The molecule has 1 heterocycles. The van der Waals surface area contributed by atoms with Crippen molar-refractivity contribution in [3.05, 3.63) is 176 Å². The van der Waals surface area contributed by atoms with Gasteiger partial charge in [-0.25, -0.2) is 0 Å². The number of fused-ring (bicyclic) bond motifs is 8. The first kappa shape index (κ1) is 25.6. The highest BCUT2D eigenvalue weighted by Crippen LogP contribution is 2.51. The molecule has 1 nitrogen and oxygen atoms in total. The Balaban J connectivity index is 1.43. The van der Waals surface area contributed by atoms with Gasteiger partial charge in [0.1, 0.15) is 0 Å². The molecule has 1 aromatic heterocycles. The molecule has 0 bridgehead atoms. The highest BCUT2D eigenvalue weighted by atomic mass is 32.1. The van der Waals surface area contributed by atoms with E-state index < -0.39 is 0 Å². The van der Waals surface area contributed by atoms with E-state index in [1.165, 1.54) is 42.8 Å². The normalized spacial score (nSPS) is 11.8. The number of benzene rings is 8. The Morgan fingerprint density at radius 2 is 0.891 bits per heavy atom. The van der Waals surface area contributed by atoms with Crippen molar-refractivity contribution in [3.63, 3.8) is 0 Å². The molecule has 8 aromatic carbocycles. The van der Waals surface area contributed by atoms with Crippen LogP contribution in [0.25, 0.3) is 64.0 Å². The van der Waals surface area contributed by atoms with Crippen LogP contribution in [-0.4, -0.2) is 0 Å². The Morgan fingerprint density at radius 1 is 0.413 bits per heavy atom. The zero-order valence-corrected chi connectivity index (χ0v) is 25.8. The quantitative estimate of drug-likeness (QED) is 0.177. The average molecular weight is 605 g/mol. The highest BCUT2D eigenvalue weighted by molar-refractivity contribution is 7.27. The van der Waals surface area contributed by atoms with Crippen molar-refractivity contribution in [2.24, 2.45) is 0 Å². The third-order valence-corrected chi connectivity index (χ3v) is 10.1. The van der Waals surface area contributed by atoms with Gasteiger partial charge in [-0.2, -0.15) is 0 Å². The Kier molecular flexibility index (Phi) is 6.14. The molecule has 0 N–H and O–H groups in total. The van der Waals surface area contributed by atoms with E-state index in [0.717, 1.165) is 38.3 Å². The van der Waals surface area contributed by atoms with Gasteiger partial charge in [0, 0.05) is 36.9 Å². The SMILES string of the molecule is [2H]c1c(-c2ccccc2)cc(N(c2ccccc2)c2ccc(-c3ccccc3)cc2)c2c1sc1c3ccccc3c3ccccc3c12. The lowest BCUT2D eigenvalue weighted by atomic mass is 9.95. The fourth-order valence-corrected chi connectivity index (χ4v) is 8.09. The lowest BCUT2D eigenvalue weighted by molar-refractivity contribution is 1.30. The molecule has 0 radical (unpaired) electrons. The molecular weight excluding hydrogens is 575 g/mol. The summed E-state index contributed by atoms with van der Waals surface area (Å²) >= 11 is 1.75. The van der Waals surface area contributed by atoms with Crippen molar-refractivity contribution >= 4 is 70.1 Å². The van der Waals surface area contributed by atoms with Crippen LogP contribution >= 0.6 is 11.3 Å². The Labute approximate surface area is 273 Å². The number of hydrogen-bond acceptors (Lipinski definition) is 2. The molecule has 9 aromatic rings. The van der Waals surface area contributed by atoms with Gasteiger partial charge in [0.2, 0.25) is 0 Å². The molecule has 0 aliphatic rings. The minimum atomic E-state index is 0.566. The minimum absolute atomic E-state index is 0.566. The van der Waals surface area contributed by atoms with Crippen LogP contribution < -0.4 is 4.90 Å². The molecular formula is C44H29NS. The highest BCUT2D eigenvalue weighted by Gasteiger charge is 2.22. The van der Waals surface area contributed by atoms with Crippen LogP contribution in [0, 0.1) is 0 Å². The number of thiophene rings is 1. The van der Waals surface area contributed by atoms with Crippen molar-refractivity contribution in [1.82, 2.24) is 0 Å². The second-order valence-electron chi connectivity index (χ2n) is 11.6. The van der Waals surface area contributed by atoms with E-state index in [0.29, 0.717) is 6.04 Å². The first-order valence-electron chi connectivity index (χ1n) is 16.1. The van der Waals surface area contributed by atoms with Gasteiger partial charge in [0.15, 0.2) is 0 Å². The molecule has 216 valence electrons. The standard InChI is InChI=1S/C44H29NS/c1-4-14-30(15-5-1)32-24-26-35(27-25-32)45(34-18-8-3-9-19-34)40-28-33(31-16-6-2-7-17-31)29-41-43(40)42-38-22-12-10-20-36(38)37-21-11-13-23-39(37)44(42)46-41/h1-29H/i29D. The fourth-order valence-electron chi connectivity index (χ4n) is 6.82. The summed E-state index contributed by atoms with van der Waals surface area (Å²) in [5.74, 6) is 0. The summed E-state index contributed by atoms with van der Waals surface area (Å²) in [7, 11) is 0. The molecule has 0 unspecified atom stereocenters. The molecule has 0 fully saturated rings. The smallest absolute Gasteiger partial charge is 0.0644 e. The second kappa shape index (κ2) is 11.0. The summed E-state index contributed by atoms with van der Waals surface area (Å²) in [6, 6.07) is 60.7. The van der Waals surface area contributed by atoms with Gasteiger partial charge in [-0.3, -0.25) is 0 Å². The van der Waals surface area contributed by atoms with E-state index in [-0.39, 0.29) is 0 Å². The summed E-state index contributed by atoms with van der Waals surface area (Å²) in [6.45, 7) is 0. The second-order valence-corrected chi connectivity index (χ2v) is 12.6. The van der Waals surface area contributed by atoms with Crippen molar-refractivity contribution in [1.29, 1.82) is 0 Å². The van der Waals surface area contributed by atoms with Crippen molar-refractivity contribution in [2.75, 3.05) is 4.90 Å². The summed E-state index contributed by atoms with van der Waals surface area (Å²) in [5.41, 5.74) is 7.55. The monoisotopic (exact) mass is 604 g/mol. The first-order valence-corrected chi connectivity index (χ1v) is 16.4. The number of rotatable bonds is 5. The van der Waals surface area contributed by atoms with E-state index >= 15 is 0 Å². The van der Waals surface area contributed by atoms with Gasteiger partial charge in [0.05, 0.1) is 7.06 Å². The largest absolute Gasteiger partial charge is 0.310 e. The molecule has 0 amide bonds. The van der Waals surface area contributed by atoms with E-state index in [2.05, 4.69) is 169 Å². The summed E-state index contributed by atoms with van der Waals surface area (Å²) in [5, 5.41) is 7.26. The molecule has 46 heavy (non-hydrogen) atoms. The van der Waals surface area contributed by atoms with Crippen LogP contribution in [0.1, 0.15) is 1.37 Å². The average Bonchev–Trinajstić information content (AvgIpc) is 3.56. The maximum Gasteiger partial charge on any atom is 0.0644 e. The Bertz CT molecular complexity index is 2560. The number of hydrogen-bond donors (Lipinski definition) is 0. The van der Waals surface area contributed by atoms with E-state index in [1.54, 1.807) is 11.3 Å². The zero-order valence-electron chi connectivity index (χ0n) is 26.0. The van der Waals surface area contributed by atoms with Gasteiger partial charge in [0.25, 0.3) is 0 Å². The first-order chi connectivity index (χ1) is 23.3. The number of anilines is 3. The lowest BCUT2D eigenvalue weighted by Crippen LogP contribution is -2.10. The fraction of sp³-hybridized carbons (Fsp3) is 0. The predicted molar refractivity (Wildman–Crippen MR) is 200 cm³/mol. The van der Waals surface area contributed by atoms with Gasteiger partial charge in [-0.05, 0) is 74.8 Å². The van der Waals surface area contributed by atoms with Crippen LogP contribution in [0.2, 0.25) is 0 Å². The minimum Gasteiger partial charge on any atom is -0.310 e. The van der Waals surface area contributed by atoms with E-state index in [9.17, 15) is 1.37 Å². The summed E-state index contributed by atoms with van der Waals surface area (Å²) in [4.78, 5) is 2.37. The van der Waals surface area contributed by atoms with Gasteiger partial charge < -0.3 is 4.90 Å². The number of para-hydroxylation sites is 1. The van der Waals surface area contributed by atoms with Crippen LogP contribution in [0.3, 0.4) is 0 Å². The molecule has 0 atom stereocenters. The van der Waals surface area contributed by atoms with Crippen LogP contribution in [0.15, 0.2) is 176 Å². The molecule has 0 saturated carbocycles. The van der Waals surface area contributed by atoms with Crippen LogP contribution in [0.5, 0.6) is 0 Å². The Morgan fingerprint density at radius 3 is 1.54 bits per heavy atom. The molecule has 0 saturated heterocycles.